The fourth-order valence-electron chi connectivity index (χ4n) is 3.16. The molecule has 0 aliphatic carbocycles. The van der Waals surface area contributed by atoms with Crippen molar-refractivity contribution in [2.45, 2.75) is 25.9 Å². The van der Waals surface area contributed by atoms with Gasteiger partial charge >= 0.3 is 0 Å². The van der Waals surface area contributed by atoms with Crippen LogP contribution in [0.25, 0.3) is 0 Å². The fraction of sp³-hybridized carbons (Fsp3) is 0.381. The van der Waals surface area contributed by atoms with Crippen molar-refractivity contribution < 1.29 is 17.9 Å². The number of ether oxygens (including phenoxy) is 1. The fourth-order valence-corrected chi connectivity index (χ4v) is 3.66. The number of carbonyl (C=O) groups is 1. The summed E-state index contributed by atoms with van der Waals surface area (Å²) < 4.78 is 30.0. The maximum absolute atomic E-state index is 12.4. The molecule has 0 aromatic heterocycles. The third-order valence-electron chi connectivity index (χ3n) is 4.99. The van der Waals surface area contributed by atoms with E-state index in [0.29, 0.717) is 11.4 Å². The van der Waals surface area contributed by atoms with E-state index < -0.39 is 16.1 Å². The topological polar surface area (TPSA) is 78.9 Å². The van der Waals surface area contributed by atoms with E-state index in [1.807, 2.05) is 24.3 Å². The zero-order valence-corrected chi connectivity index (χ0v) is 17.8. The van der Waals surface area contributed by atoms with Gasteiger partial charge in [0.05, 0.1) is 11.9 Å². The van der Waals surface area contributed by atoms with Gasteiger partial charge in [-0.2, -0.15) is 0 Å². The largest absolute Gasteiger partial charge is 0.481 e. The second-order valence-electron chi connectivity index (χ2n) is 7.21. The van der Waals surface area contributed by atoms with Crippen LogP contribution in [0.1, 0.15) is 19.8 Å². The van der Waals surface area contributed by atoms with E-state index in [1.54, 1.807) is 31.2 Å². The summed E-state index contributed by atoms with van der Waals surface area (Å²) in [7, 11) is -1.84. The highest BCUT2D eigenvalue weighted by Crippen LogP contribution is 2.23. The Labute approximate surface area is 172 Å². The van der Waals surface area contributed by atoms with Crippen LogP contribution in [0, 0.1) is 0 Å². The van der Waals surface area contributed by atoms with Crippen LogP contribution >= 0.6 is 0 Å². The number of carbonyl (C=O) groups excluding carboxylic acids is 1. The Balaban J connectivity index is 1.56. The Morgan fingerprint density at radius 1 is 1.07 bits per heavy atom. The summed E-state index contributed by atoms with van der Waals surface area (Å²) in [5, 5.41) is 2.86. The normalized spacial score (nSPS) is 15.1. The first kappa shape index (κ1) is 21.0. The second-order valence-corrected chi connectivity index (χ2v) is 9.23. The lowest BCUT2D eigenvalue weighted by molar-refractivity contribution is -0.122. The van der Waals surface area contributed by atoms with E-state index in [1.165, 1.54) is 29.9 Å². The van der Waals surface area contributed by atoms with E-state index in [4.69, 9.17) is 4.74 Å². The SMILES string of the molecule is C[C@@H](Oc1ccc(N(C)S(C)(=O)=O)cc1)C(=O)Nc1ccc(N2CCCC2)cc1. The smallest absolute Gasteiger partial charge is 0.265 e. The van der Waals surface area contributed by atoms with E-state index in [0.717, 1.165) is 25.0 Å². The zero-order chi connectivity index (χ0) is 21.0. The first-order chi connectivity index (χ1) is 13.7. The number of nitrogens with zero attached hydrogens (tertiary/aromatic N) is 2. The van der Waals surface area contributed by atoms with Crippen molar-refractivity contribution in [2.24, 2.45) is 0 Å². The molecule has 1 N–H and O–H groups in total. The van der Waals surface area contributed by atoms with Gasteiger partial charge in [-0.25, -0.2) is 8.42 Å². The number of anilines is 3. The summed E-state index contributed by atoms with van der Waals surface area (Å²) >= 11 is 0. The molecule has 1 atom stereocenters. The minimum Gasteiger partial charge on any atom is -0.481 e. The van der Waals surface area contributed by atoms with Crippen LogP contribution in [0.5, 0.6) is 5.75 Å². The van der Waals surface area contributed by atoms with E-state index in [-0.39, 0.29) is 5.91 Å². The predicted octanol–water partition coefficient (Wildman–Crippen LogP) is 3.09. The standard InChI is InChI=1S/C21H27N3O4S/c1-16(28-20-12-10-18(11-13-20)23(2)29(3,26)27)21(25)22-17-6-8-19(9-7-17)24-14-4-5-15-24/h6-13,16H,4-5,14-15H2,1-3H3,(H,22,25)/t16-/m1/s1. The van der Waals surface area contributed by atoms with E-state index >= 15 is 0 Å². The first-order valence-electron chi connectivity index (χ1n) is 9.60. The van der Waals surface area contributed by atoms with E-state index in [2.05, 4.69) is 10.2 Å². The molecule has 1 aliphatic rings. The summed E-state index contributed by atoms with van der Waals surface area (Å²) in [5.74, 6) is 0.235. The highest BCUT2D eigenvalue weighted by Gasteiger charge is 2.17. The molecule has 0 radical (unpaired) electrons. The number of amides is 1. The van der Waals surface area contributed by atoms with Gasteiger partial charge in [-0.1, -0.05) is 0 Å². The second kappa shape index (κ2) is 8.73. The highest BCUT2D eigenvalue weighted by atomic mass is 32.2. The van der Waals surface area contributed by atoms with Gasteiger partial charge in [0.15, 0.2) is 6.10 Å². The van der Waals surface area contributed by atoms with Crippen LogP contribution in [-0.4, -0.2) is 46.8 Å². The molecule has 0 unspecified atom stereocenters. The molecule has 1 fully saturated rings. The number of benzene rings is 2. The number of sulfonamides is 1. The van der Waals surface area contributed by atoms with Gasteiger partial charge in [-0.05, 0) is 68.3 Å². The molecule has 8 heteroatoms. The Morgan fingerprint density at radius 2 is 1.66 bits per heavy atom. The van der Waals surface area contributed by atoms with Crippen molar-refractivity contribution in [3.8, 4) is 5.75 Å². The van der Waals surface area contributed by atoms with Gasteiger partial charge in [-0.3, -0.25) is 9.10 Å². The van der Waals surface area contributed by atoms with Crippen LogP contribution in [-0.2, 0) is 14.8 Å². The molecule has 1 saturated heterocycles. The summed E-state index contributed by atoms with van der Waals surface area (Å²) in [6, 6.07) is 14.4. The molecule has 156 valence electrons. The molecule has 29 heavy (non-hydrogen) atoms. The van der Waals surface area contributed by atoms with E-state index in [9.17, 15) is 13.2 Å². The number of hydrogen-bond donors (Lipinski definition) is 1. The molecule has 1 heterocycles. The minimum atomic E-state index is -3.32. The van der Waals surface area contributed by atoms with Gasteiger partial charge in [0, 0.05) is 31.5 Å². The maximum atomic E-state index is 12.4. The zero-order valence-electron chi connectivity index (χ0n) is 17.0. The lowest BCUT2D eigenvalue weighted by Crippen LogP contribution is -2.30. The first-order valence-corrected chi connectivity index (χ1v) is 11.5. The van der Waals surface area contributed by atoms with Crippen molar-refractivity contribution in [3.05, 3.63) is 48.5 Å². The quantitative estimate of drug-likeness (QED) is 0.749. The minimum absolute atomic E-state index is 0.253. The van der Waals surface area contributed by atoms with Crippen molar-refractivity contribution in [1.82, 2.24) is 0 Å². The molecule has 0 spiro atoms. The molecule has 7 nitrogen and oxygen atoms in total. The Hall–Kier alpha value is -2.74. The summed E-state index contributed by atoms with van der Waals surface area (Å²) in [4.78, 5) is 14.8. The summed E-state index contributed by atoms with van der Waals surface area (Å²) in [6.07, 6.45) is 2.88. The van der Waals surface area contributed by atoms with Crippen molar-refractivity contribution in [1.29, 1.82) is 0 Å². The molecule has 1 aliphatic heterocycles. The molecular formula is C21H27N3O4S. The third kappa shape index (κ3) is 5.41. The van der Waals surface area contributed by atoms with Crippen LogP contribution in [0.15, 0.2) is 48.5 Å². The van der Waals surface area contributed by atoms with Gasteiger partial charge in [-0.15, -0.1) is 0 Å². The molecule has 2 aromatic carbocycles. The van der Waals surface area contributed by atoms with Crippen LogP contribution < -0.4 is 19.3 Å². The Kier molecular flexibility index (Phi) is 6.32. The molecular weight excluding hydrogens is 390 g/mol. The molecule has 0 bridgehead atoms. The predicted molar refractivity (Wildman–Crippen MR) is 116 cm³/mol. The monoisotopic (exact) mass is 417 g/mol. The molecule has 1 amide bonds. The Morgan fingerprint density at radius 3 is 2.21 bits per heavy atom. The lowest BCUT2D eigenvalue weighted by atomic mass is 10.2. The number of nitrogens with one attached hydrogen (secondary N) is 1. The molecule has 3 rings (SSSR count). The third-order valence-corrected chi connectivity index (χ3v) is 6.19. The van der Waals surface area contributed by atoms with Crippen LogP contribution in [0.3, 0.4) is 0 Å². The summed E-state index contributed by atoms with van der Waals surface area (Å²) in [6.45, 7) is 3.83. The number of rotatable bonds is 7. The summed E-state index contributed by atoms with van der Waals surface area (Å²) in [5.41, 5.74) is 2.41. The highest BCUT2D eigenvalue weighted by molar-refractivity contribution is 7.92. The molecule has 0 saturated carbocycles. The lowest BCUT2D eigenvalue weighted by Gasteiger charge is -2.19. The Bertz CT molecular complexity index is 937. The van der Waals surface area contributed by atoms with Crippen molar-refractivity contribution >= 4 is 33.0 Å². The average molecular weight is 418 g/mol. The van der Waals surface area contributed by atoms with Gasteiger partial charge in [0.2, 0.25) is 10.0 Å². The van der Waals surface area contributed by atoms with Crippen LogP contribution in [0.4, 0.5) is 17.1 Å². The number of hydrogen-bond acceptors (Lipinski definition) is 5. The van der Waals surface area contributed by atoms with Gasteiger partial charge < -0.3 is 15.0 Å². The van der Waals surface area contributed by atoms with Gasteiger partial charge in [0.25, 0.3) is 5.91 Å². The van der Waals surface area contributed by atoms with Crippen molar-refractivity contribution in [2.75, 3.05) is 40.9 Å². The van der Waals surface area contributed by atoms with Gasteiger partial charge in [0.1, 0.15) is 5.75 Å². The molecule has 2 aromatic rings. The van der Waals surface area contributed by atoms with Crippen LogP contribution in [0.2, 0.25) is 0 Å². The maximum Gasteiger partial charge on any atom is 0.265 e. The average Bonchev–Trinajstić information content (AvgIpc) is 3.22. The van der Waals surface area contributed by atoms with Crippen molar-refractivity contribution in [3.63, 3.8) is 0 Å².